The molecule has 1 unspecified atom stereocenters. The molecule has 2 aromatic rings. The van der Waals surface area contributed by atoms with Crippen molar-refractivity contribution in [2.75, 3.05) is 19.5 Å². The van der Waals surface area contributed by atoms with Crippen LogP contribution in [0.1, 0.15) is 56.1 Å². The molecule has 1 atom stereocenters. The Morgan fingerprint density at radius 1 is 1.22 bits per heavy atom. The molecule has 7 nitrogen and oxygen atoms in total. The van der Waals surface area contributed by atoms with Gasteiger partial charge in [-0.1, -0.05) is 25.1 Å². The number of carboxylic acid groups (broad SMARTS) is 1. The van der Waals surface area contributed by atoms with Crippen LogP contribution < -0.4 is 10.1 Å². The van der Waals surface area contributed by atoms with Crippen LogP contribution in [-0.4, -0.2) is 37.1 Å². The molecule has 0 aliphatic carbocycles. The number of nitrogens with zero attached hydrogens (tertiary/aromatic N) is 1. The molecule has 0 fully saturated rings. The lowest BCUT2D eigenvalue weighted by Gasteiger charge is -2.18. The first-order valence-corrected chi connectivity index (χ1v) is 10.4. The Morgan fingerprint density at radius 2 is 1.97 bits per heavy atom. The smallest absolute Gasteiger partial charge is 0.307 e. The number of aliphatic imine (C=N–C) groups is 1. The maximum Gasteiger partial charge on any atom is 0.307 e. The van der Waals surface area contributed by atoms with Crippen molar-refractivity contribution < 1.29 is 25.6 Å². The third kappa shape index (κ3) is 6.70. The fraction of sp³-hybridized carbons (Fsp3) is 0.320. The molecule has 2 N–H and O–H groups in total. The summed E-state index contributed by atoms with van der Waals surface area (Å²) < 4.78 is 10.5. The quantitative estimate of drug-likeness (QED) is 0.314. The molecule has 0 saturated carbocycles. The summed E-state index contributed by atoms with van der Waals surface area (Å²) in [7, 11) is 3.11. The van der Waals surface area contributed by atoms with Crippen molar-refractivity contribution in [3.63, 3.8) is 0 Å². The third-order valence-electron chi connectivity index (χ3n) is 4.97. The number of nitrogens with one attached hydrogen (secondary N) is 1. The van der Waals surface area contributed by atoms with Crippen molar-refractivity contribution >= 4 is 23.5 Å². The van der Waals surface area contributed by atoms with Crippen LogP contribution in [0.5, 0.6) is 5.75 Å². The fourth-order valence-corrected chi connectivity index (χ4v) is 3.22. The molecular formula is C25H32N2O5. The number of amides is 1. The van der Waals surface area contributed by atoms with Crippen molar-refractivity contribution in [1.82, 2.24) is 0 Å². The first kappa shape index (κ1) is 24.7. The summed E-state index contributed by atoms with van der Waals surface area (Å²) >= 11 is 0. The molecule has 0 radical (unpaired) electrons. The number of methoxy groups -OCH3 is 2. The Bertz CT molecular complexity index is 1030. The predicted molar refractivity (Wildman–Crippen MR) is 128 cm³/mol. The number of carbonyl (C=O) groups excluding carboxylic acids is 1. The van der Waals surface area contributed by atoms with E-state index < -0.39 is 5.97 Å². The molecule has 2 aromatic carbocycles. The first-order chi connectivity index (χ1) is 15.3. The van der Waals surface area contributed by atoms with Crippen LogP contribution in [0.4, 0.5) is 5.69 Å². The third-order valence-corrected chi connectivity index (χ3v) is 4.97. The Kier molecular flexibility index (Phi) is 9.01. The van der Waals surface area contributed by atoms with Gasteiger partial charge in [-0.3, -0.25) is 9.59 Å². The van der Waals surface area contributed by atoms with Gasteiger partial charge in [-0.05, 0) is 60.9 Å². The van der Waals surface area contributed by atoms with E-state index in [4.69, 9.17) is 14.5 Å². The summed E-state index contributed by atoms with van der Waals surface area (Å²) in [5, 5.41) is 12.2. The minimum absolute atomic E-state index is 0. The van der Waals surface area contributed by atoms with Crippen LogP contribution in [0.2, 0.25) is 0 Å². The molecule has 0 spiro atoms. The summed E-state index contributed by atoms with van der Waals surface area (Å²) in [6, 6.07) is 11.7. The lowest BCUT2D eigenvalue weighted by molar-refractivity contribution is -0.136. The Morgan fingerprint density at radius 3 is 2.56 bits per heavy atom. The molecule has 2 rings (SSSR count). The van der Waals surface area contributed by atoms with E-state index in [1.54, 1.807) is 43.5 Å². The van der Waals surface area contributed by atoms with E-state index in [0.29, 0.717) is 34.9 Å². The average molecular weight is 441 g/mol. The normalized spacial score (nSPS) is 12.8. The number of carboxylic acids is 1. The number of ether oxygens (including phenoxy) is 2. The Hall–Kier alpha value is -3.61. The minimum Gasteiger partial charge on any atom is -0.497 e. The topological polar surface area (TPSA) is 97.2 Å². The number of aliphatic carboxylic acids is 1. The van der Waals surface area contributed by atoms with Gasteiger partial charge < -0.3 is 19.9 Å². The van der Waals surface area contributed by atoms with Crippen LogP contribution in [0, 0.1) is 0 Å². The highest BCUT2D eigenvalue weighted by Gasteiger charge is 2.17. The Labute approximate surface area is 190 Å². The van der Waals surface area contributed by atoms with E-state index in [0.717, 1.165) is 11.1 Å². The van der Waals surface area contributed by atoms with E-state index in [9.17, 15) is 14.7 Å². The molecule has 0 bridgehead atoms. The number of anilines is 1. The molecule has 0 saturated heterocycles. The van der Waals surface area contributed by atoms with Crippen LogP contribution in [0.3, 0.4) is 0 Å². The zero-order chi connectivity index (χ0) is 23.7. The van der Waals surface area contributed by atoms with Crippen molar-refractivity contribution in [3.05, 3.63) is 70.8 Å². The van der Waals surface area contributed by atoms with Crippen LogP contribution in [0.15, 0.2) is 59.1 Å². The summed E-state index contributed by atoms with van der Waals surface area (Å²) in [4.78, 5) is 28.9. The van der Waals surface area contributed by atoms with E-state index >= 15 is 0 Å². The van der Waals surface area contributed by atoms with Gasteiger partial charge in [-0.2, -0.15) is 0 Å². The second-order valence-corrected chi connectivity index (χ2v) is 7.24. The van der Waals surface area contributed by atoms with Gasteiger partial charge in [0.15, 0.2) is 5.90 Å². The van der Waals surface area contributed by atoms with Gasteiger partial charge in [0.2, 0.25) is 0 Å². The highest BCUT2D eigenvalue weighted by Crippen LogP contribution is 2.30. The van der Waals surface area contributed by atoms with Crippen LogP contribution in [-0.2, 0) is 16.0 Å². The standard InChI is InChI=1S/C25H30N2O5.H2/c1-6-16(3)24(27-22(7-2)32-5)19-11-17(13-23(28)29)12-20(14-19)26-25(30)18-9-8-10-21(15-18)31-4;/h6,8-12,14-15,24H,7,13H2,1-5H3,(H,26,30)(H,28,29);1H. The van der Waals surface area contributed by atoms with Gasteiger partial charge >= 0.3 is 5.97 Å². The van der Waals surface area contributed by atoms with E-state index in [-0.39, 0.29) is 19.8 Å². The lowest BCUT2D eigenvalue weighted by Crippen LogP contribution is -2.14. The number of carbonyl (C=O) groups is 2. The molecule has 0 heterocycles. The van der Waals surface area contributed by atoms with Gasteiger partial charge in [0.1, 0.15) is 5.75 Å². The van der Waals surface area contributed by atoms with Crippen molar-refractivity contribution in [1.29, 1.82) is 0 Å². The summed E-state index contributed by atoms with van der Waals surface area (Å²) in [6.45, 7) is 5.82. The van der Waals surface area contributed by atoms with Gasteiger partial charge in [0.25, 0.3) is 5.91 Å². The number of allylic oxidation sites excluding steroid dienone is 1. The van der Waals surface area contributed by atoms with Crippen molar-refractivity contribution in [2.45, 2.75) is 39.7 Å². The molecule has 32 heavy (non-hydrogen) atoms. The van der Waals surface area contributed by atoms with Crippen LogP contribution in [0.25, 0.3) is 0 Å². The van der Waals surface area contributed by atoms with Crippen molar-refractivity contribution in [2.24, 2.45) is 4.99 Å². The van der Waals surface area contributed by atoms with E-state index in [2.05, 4.69) is 5.32 Å². The lowest BCUT2D eigenvalue weighted by atomic mass is 9.96. The van der Waals surface area contributed by atoms with Gasteiger partial charge in [-0.15, -0.1) is 0 Å². The first-order valence-electron chi connectivity index (χ1n) is 10.4. The number of rotatable bonds is 9. The molecule has 0 aliphatic rings. The van der Waals surface area contributed by atoms with Crippen LogP contribution >= 0.6 is 0 Å². The monoisotopic (exact) mass is 440 g/mol. The largest absolute Gasteiger partial charge is 0.497 e. The SMILES string of the molecule is CC=C(C)C(N=C(CC)OC)c1cc(CC(=O)O)cc(NC(=O)c2cccc(OC)c2)c1.[HH]. The Balaban J connectivity index is 0.00000544. The number of benzene rings is 2. The molecule has 7 heteroatoms. The highest BCUT2D eigenvalue weighted by molar-refractivity contribution is 6.04. The molecule has 1 amide bonds. The average Bonchev–Trinajstić information content (AvgIpc) is 2.78. The molecular weight excluding hydrogens is 408 g/mol. The zero-order valence-corrected chi connectivity index (χ0v) is 19.1. The molecule has 0 aliphatic heterocycles. The predicted octanol–water partition coefficient (Wildman–Crippen LogP) is 5.28. The van der Waals surface area contributed by atoms with Gasteiger partial charge in [-0.25, -0.2) is 4.99 Å². The minimum atomic E-state index is -0.957. The molecule has 0 aromatic heterocycles. The second kappa shape index (κ2) is 11.7. The number of hydrogen-bond acceptors (Lipinski definition) is 5. The van der Waals surface area contributed by atoms with E-state index in [1.807, 2.05) is 32.9 Å². The van der Waals surface area contributed by atoms with E-state index in [1.165, 1.54) is 7.11 Å². The number of hydrogen-bond donors (Lipinski definition) is 2. The van der Waals surface area contributed by atoms with Gasteiger partial charge in [0.05, 0.1) is 26.7 Å². The van der Waals surface area contributed by atoms with Crippen molar-refractivity contribution in [3.8, 4) is 5.75 Å². The highest BCUT2D eigenvalue weighted by atomic mass is 16.5. The molecule has 172 valence electrons. The summed E-state index contributed by atoms with van der Waals surface area (Å²) in [5.41, 5.74) is 3.23. The maximum atomic E-state index is 12.8. The summed E-state index contributed by atoms with van der Waals surface area (Å²) in [6.07, 6.45) is 2.40. The maximum absolute atomic E-state index is 12.8. The summed E-state index contributed by atoms with van der Waals surface area (Å²) in [5.74, 6) is -0.123. The fourth-order valence-electron chi connectivity index (χ4n) is 3.22. The second-order valence-electron chi connectivity index (χ2n) is 7.24. The zero-order valence-electron chi connectivity index (χ0n) is 19.1. The van der Waals surface area contributed by atoms with Gasteiger partial charge in [0, 0.05) is 19.1 Å².